The third-order valence-corrected chi connectivity index (χ3v) is 5.60. The summed E-state index contributed by atoms with van der Waals surface area (Å²) in [5.41, 5.74) is 1.71. The lowest BCUT2D eigenvalue weighted by Crippen LogP contribution is -2.22. The topological polar surface area (TPSA) is 57.8 Å². The van der Waals surface area contributed by atoms with E-state index in [4.69, 9.17) is 16.3 Å². The summed E-state index contributed by atoms with van der Waals surface area (Å²) in [6.45, 7) is 8.14. The molecule has 0 fully saturated rings. The first-order valence-electron chi connectivity index (χ1n) is 7.54. The quantitative estimate of drug-likeness (QED) is 0.504. The van der Waals surface area contributed by atoms with Gasteiger partial charge in [0.15, 0.2) is 0 Å². The molecule has 3 rings (SSSR count). The van der Waals surface area contributed by atoms with Crippen LogP contribution in [0, 0.1) is 0 Å². The largest absolute Gasteiger partial charge is 0.360 e. The highest BCUT2D eigenvalue weighted by Gasteiger charge is 2.15. The number of benzene rings is 1. The van der Waals surface area contributed by atoms with Crippen molar-refractivity contribution in [3.63, 3.8) is 0 Å². The van der Waals surface area contributed by atoms with E-state index in [1.165, 1.54) is 0 Å². The van der Waals surface area contributed by atoms with Crippen molar-refractivity contribution in [3.05, 3.63) is 35.7 Å². The maximum atomic E-state index is 6.29. The predicted octanol–water partition coefficient (Wildman–Crippen LogP) is 3.58. The lowest BCUT2D eigenvalue weighted by atomic mass is 10.2. The number of aromatic nitrogens is 5. The highest BCUT2D eigenvalue weighted by Crippen LogP contribution is 2.28. The Morgan fingerprint density at radius 1 is 1.13 bits per heavy atom. The molecule has 0 saturated carbocycles. The van der Waals surface area contributed by atoms with Crippen LogP contribution in [0.15, 0.2) is 30.7 Å². The van der Waals surface area contributed by atoms with Crippen LogP contribution in [0.1, 0.15) is 0 Å². The fourth-order valence-electron chi connectivity index (χ4n) is 2.28. The first-order valence-corrected chi connectivity index (χ1v) is 11.6. The minimum atomic E-state index is -1.10. The Bertz CT molecular complexity index is 794. The molecule has 0 aliphatic carbocycles. The molecule has 1 aromatic carbocycles. The number of hydrogen-bond donors (Lipinski definition) is 0. The molecule has 2 aromatic heterocycles. The summed E-state index contributed by atoms with van der Waals surface area (Å²) < 4.78 is 7.63. The molecule has 2 heterocycles. The van der Waals surface area contributed by atoms with E-state index in [9.17, 15) is 0 Å². The van der Waals surface area contributed by atoms with Crippen LogP contribution < -0.4 is 0 Å². The zero-order valence-corrected chi connectivity index (χ0v) is 15.3. The van der Waals surface area contributed by atoms with Crippen LogP contribution in [0.5, 0.6) is 0 Å². The van der Waals surface area contributed by atoms with Gasteiger partial charge in [-0.3, -0.25) is 0 Å². The summed E-state index contributed by atoms with van der Waals surface area (Å²) in [7, 11) is -1.10. The molecule has 0 bridgehead atoms. The lowest BCUT2D eigenvalue weighted by Gasteiger charge is -2.15. The van der Waals surface area contributed by atoms with Crippen LogP contribution in [-0.4, -0.2) is 39.5 Å². The Morgan fingerprint density at radius 3 is 2.57 bits per heavy atom. The maximum Gasteiger partial charge on any atom is 0.140 e. The van der Waals surface area contributed by atoms with Gasteiger partial charge in [0.2, 0.25) is 0 Å². The Labute approximate surface area is 141 Å². The molecule has 23 heavy (non-hydrogen) atoms. The van der Waals surface area contributed by atoms with E-state index in [0.717, 1.165) is 29.2 Å². The van der Waals surface area contributed by atoms with Crippen molar-refractivity contribution in [1.29, 1.82) is 0 Å². The fourth-order valence-corrected chi connectivity index (χ4v) is 3.24. The molecule has 0 amide bonds. The van der Waals surface area contributed by atoms with Gasteiger partial charge in [0.1, 0.15) is 17.9 Å². The van der Waals surface area contributed by atoms with Crippen molar-refractivity contribution in [2.75, 3.05) is 6.61 Å². The molecule has 0 N–H and O–H groups in total. The molecule has 0 atom stereocenters. The number of hydrogen-bond acceptors (Lipinski definition) is 4. The lowest BCUT2D eigenvalue weighted by molar-refractivity contribution is 0.0816. The van der Waals surface area contributed by atoms with Gasteiger partial charge in [0, 0.05) is 20.1 Å². The van der Waals surface area contributed by atoms with Crippen LogP contribution in [0.3, 0.4) is 0 Å². The second-order valence-electron chi connectivity index (χ2n) is 6.64. The number of ether oxygens (including phenoxy) is 1. The van der Waals surface area contributed by atoms with E-state index in [1.807, 2.05) is 16.8 Å². The van der Waals surface area contributed by atoms with Crippen molar-refractivity contribution in [2.45, 2.75) is 32.4 Å². The number of rotatable bonds is 6. The third-order valence-electron chi connectivity index (χ3n) is 3.57. The molecule has 0 unspecified atom stereocenters. The molecule has 3 aromatic rings. The molecule has 122 valence electrons. The minimum Gasteiger partial charge on any atom is -0.360 e. The van der Waals surface area contributed by atoms with Crippen molar-refractivity contribution in [3.8, 4) is 5.69 Å². The number of fused-ring (bicyclic) bond motifs is 1. The summed E-state index contributed by atoms with van der Waals surface area (Å²) in [5.74, 6) is 0. The summed E-state index contributed by atoms with van der Waals surface area (Å²) >= 11 is 6.29. The first-order chi connectivity index (χ1) is 11.0. The van der Waals surface area contributed by atoms with Gasteiger partial charge in [0.05, 0.1) is 23.6 Å². The second kappa shape index (κ2) is 6.43. The standard InChI is InChI=1S/C15H20ClN5OSi/c1-23(2,3)9-8-22-11-20-15-12(10-19-20)13(16)4-5-14(15)21-17-6-7-18-21/h4-7,10H,8-9,11H2,1-3H3. The first kappa shape index (κ1) is 16.2. The smallest absolute Gasteiger partial charge is 0.140 e. The minimum absolute atomic E-state index is 0.391. The van der Waals surface area contributed by atoms with Gasteiger partial charge in [-0.25, -0.2) is 4.68 Å². The highest BCUT2D eigenvalue weighted by atomic mass is 35.5. The van der Waals surface area contributed by atoms with Crippen molar-refractivity contribution in [2.24, 2.45) is 0 Å². The molecular weight excluding hydrogens is 330 g/mol. The van der Waals surface area contributed by atoms with E-state index in [2.05, 4.69) is 34.9 Å². The second-order valence-corrected chi connectivity index (χ2v) is 12.7. The Kier molecular flexibility index (Phi) is 4.52. The van der Waals surface area contributed by atoms with Gasteiger partial charge in [-0.2, -0.15) is 15.3 Å². The number of halogens is 1. The van der Waals surface area contributed by atoms with Gasteiger partial charge in [0.25, 0.3) is 0 Å². The van der Waals surface area contributed by atoms with Crippen LogP contribution in [0.25, 0.3) is 16.6 Å². The van der Waals surface area contributed by atoms with Gasteiger partial charge in [-0.15, -0.1) is 4.80 Å². The van der Waals surface area contributed by atoms with Crippen LogP contribution >= 0.6 is 11.6 Å². The van der Waals surface area contributed by atoms with Gasteiger partial charge in [-0.1, -0.05) is 31.2 Å². The van der Waals surface area contributed by atoms with Gasteiger partial charge >= 0.3 is 0 Å². The molecule has 0 aliphatic rings. The van der Waals surface area contributed by atoms with E-state index >= 15 is 0 Å². The fraction of sp³-hybridized carbons (Fsp3) is 0.400. The molecule has 6 nitrogen and oxygen atoms in total. The molecule has 0 saturated heterocycles. The maximum absolute atomic E-state index is 6.29. The van der Waals surface area contributed by atoms with Crippen molar-refractivity contribution < 1.29 is 4.74 Å². The van der Waals surface area contributed by atoms with Crippen LogP contribution in [-0.2, 0) is 11.5 Å². The van der Waals surface area contributed by atoms with Gasteiger partial charge < -0.3 is 4.74 Å². The van der Waals surface area contributed by atoms with E-state index in [0.29, 0.717) is 11.8 Å². The SMILES string of the molecule is C[Si](C)(C)CCOCn1ncc2c(Cl)ccc(-n3nccn3)c21. The van der Waals surface area contributed by atoms with Crippen LogP contribution in [0.4, 0.5) is 0 Å². The Balaban J connectivity index is 1.88. The molecule has 0 spiro atoms. The Morgan fingerprint density at radius 2 is 1.87 bits per heavy atom. The zero-order chi connectivity index (χ0) is 16.4. The van der Waals surface area contributed by atoms with Crippen molar-refractivity contribution >= 4 is 30.6 Å². The van der Waals surface area contributed by atoms with E-state index in [-0.39, 0.29) is 0 Å². The average Bonchev–Trinajstić information content (AvgIpc) is 3.13. The summed E-state index contributed by atoms with van der Waals surface area (Å²) in [4.78, 5) is 1.57. The normalized spacial score (nSPS) is 12.2. The van der Waals surface area contributed by atoms with Gasteiger partial charge in [-0.05, 0) is 18.2 Å². The number of nitrogens with zero attached hydrogens (tertiary/aromatic N) is 5. The van der Waals surface area contributed by atoms with E-state index in [1.54, 1.807) is 23.4 Å². The highest BCUT2D eigenvalue weighted by molar-refractivity contribution is 6.76. The summed E-state index contributed by atoms with van der Waals surface area (Å²) in [5, 5.41) is 14.3. The molecular formula is C15H20ClN5OSi. The van der Waals surface area contributed by atoms with Crippen molar-refractivity contribution in [1.82, 2.24) is 24.8 Å². The average molecular weight is 350 g/mol. The van der Waals surface area contributed by atoms with E-state index < -0.39 is 8.07 Å². The predicted molar refractivity (Wildman–Crippen MR) is 93.8 cm³/mol. The third kappa shape index (κ3) is 3.62. The van der Waals surface area contributed by atoms with Crippen LogP contribution in [0.2, 0.25) is 30.7 Å². The summed E-state index contributed by atoms with van der Waals surface area (Å²) in [6.07, 6.45) is 5.05. The molecule has 0 radical (unpaired) electrons. The zero-order valence-electron chi connectivity index (χ0n) is 13.5. The monoisotopic (exact) mass is 349 g/mol. The molecule has 8 heteroatoms. The summed E-state index contributed by atoms with van der Waals surface area (Å²) in [6, 6.07) is 4.85. The Hall–Kier alpha value is -1.70. The molecule has 0 aliphatic heterocycles.